The quantitative estimate of drug-likeness (QED) is 0.731. The van der Waals surface area contributed by atoms with Crippen LogP contribution in [0.3, 0.4) is 0 Å². The summed E-state index contributed by atoms with van der Waals surface area (Å²) in [5.74, 6) is 0.891. The Morgan fingerprint density at radius 1 is 1.04 bits per heavy atom. The fourth-order valence-corrected chi connectivity index (χ4v) is 3.52. The number of hydrogen-bond acceptors (Lipinski definition) is 3. The monoisotopic (exact) mass is 369 g/mol. The molecule has 0 unspecified atom stereocenters. The zero-order chi connectivity index (χ0) is 18.2. The van der Waals surface area contributed by atoms with Gasteiger partial charge in [-0.05, 0) is 61.4 Å². The normalized spacial score (nSPS) is 15.4. The van der Waals surface area contributed by atoms with Crippen molar-refractivity contribution >= 4 is 17.3 Å². The van der Waals surface area contributed by atoms with Crippen LogP contribution in [-0.4, -0.2) is 36.8 Å². The van der Waals surface area contributed by atoms with Gasteiger partial charge in [0.1, 0.15) is 5.75 Å². The van der Waals surface area contributed by atoms with Crippen molar-refractivity contribution in [3.05, 3.63) is 65.7 Å². The molecular weight excluding hydrogens is 342 g/mol. The maximum Gasteiger partial charge on any atom is 0.166 e. The van der Waals surface area contributed by atoms with Gasteiger partial charge in [-0.2, -0.15) is 0 Å². The number of methoxy groups -OCH3 is 1. The third-order valence-corrected chi connectivity index (χ3v) is 5.12. The van der Waals surface area contributed by atoms with Gasteiger partial charge in [0, 0.05) is 13.1 Å². The lowest BCUT2D eigenvalue weighted by Crippen LogP contribution is -2.41. The molecule has 0 radical (unpaired) electrons. The van der Waals surface area contributed by atoms with E-state index in [9.17, 15) is 0 Å². The van der Waals surface area contributed by atoms with Crippen molar-refractivity contribution in [2.45, 2.75) is 25.4 Å². The molecule has 3 rings (SSSR count). The van der Waals surface area contributed by atoms with Crippen LogP contribution in [0.25, 0.3) is 0 Å². The first kappa shape index (κ1) is 18.7. The summed E-state index contributed by atoms with van der Waals surface area (Å²) < 4.78 is 5.29. The van der Waals surface area contributed by atoms with Crippen LogP contribution < -0.4 is 15.4 Å². The molecule has 1 aliphatic heterocycles. The summed E-state index contributed by atoms with van der Waals surface area (Å²) in [6.45, 7) is 3.82. The number of hydrogen-bond donors (Lipinski definition) is 2. The second-order valence-electron chi connectivity index (χ2n) is 6.58. The fourth-order valence-electron chi connectivity index (χ4n) is 3.37. The van der Waals surface area contributed by atoms with Crippen molar-refractivity contribution in [3.63, 3.8) is 0 Å². The predicted octanol–water partition coefficient (Wildman–Crippen LogP) is 3.50. The van der Waals surface area contributed by atoms with Gasteiger partial charge in [-0.15, -0.1) is 0 Å². The minimum Gasteiger partial charge on any atom is -0.497 e. The molecule has 0 saturated carbocycles. The third kappa shape index (κ3) is 5.19. The van der Waals surface area contributed by atoms with Crippen LogP contribution in [0.2, 0.25) is 0 Å². The van der Waals surface area contributed by atoms with Crippen LogP contribution in [0, 0.1) is 0 Å². The Morgan fingerprint density at radius 3 is 2.38 bits per heavy atom. The smallest absolute Gasteiger partial charge is 0.166 e. The van der Waals surface area contributed by atoms with Gasteiger partial charge in [0.05, 0.1) is 13.2 Å². The molecule has 0 aliphatic carbocycles. The van der Waals surface area contributed by atoms with E-state index in [1.807, 2.05) is 30.3 Å². The molecule has 138 valence electrons. The van der Waals surface area contributed by atoms with Crippen LogP contribution >= 0.6 is 12.2 Å². The van der Waals surface area contributed by atoms with Crippen molar-refractivity contribution in [1.82, 2.24) is 15.5 Å². The molecule has 1 fully saturated rings. The molecule has 1 atom stereocenters. The molecule has 1 aliphatic rings. The first-order chi connectivity index (χ1) is 12.8. The van der Waals surface area contributed by atoms with Crippen LogP contribution in [-0.2, 0) is 6.54 Å². The molecule has 26 heavy (non-hydrogen) atoms. The number of thiocarbonyl (C=S) groups is 1. The highest BCUT2D eigenvalue weighted by atomic mass is 32.1. The van der Waals surface area contributed by atoms with Crippen molar-refractivity contribution in [2.75, 3.05) is 26.7 Å². The van der Waals surface area contributed by atoms with Crippen molar-refractivity contribution in [2.24, 2.45) is 0 Å². The van der Waals surface area contributed by atoms with Gasteiger partial charge in [0.15, 0.2) is 5.11 Å². The lowest BCUT2D eigenvalue weighted by atomic mass is 10.1. The van der Waals surface area contributed by atoms with Crippen molar-refractivity contribution < 1.29 is 4.74 Å². The molecule has 4 nitrogen and oxygen atoms in total. The Morgan fingerprint density at radius 2 is 1.73 bits per heavy atom. The van der Waals surface area contributed by atoms with E-state index in [2.05, 4.69) is 39.8 Å². The van der Waals surface area contributed by atoms with Gasteiger partial charge in [0.2, 0.25) is 0 Å². The third-order valence-electron chi connectivity index (χ3n) is 4.83. The summed E-state index contributed by atoms with van der Waals surface area (Å²) in [6, 6.07) is 19.0. The van der Waals surface area contributed by atoms with Crippen molar-refractivity contribution in [1.29, 1.82) is 0 Å². The van der Waals surface area contributed by atoms with Crippen LogP contribution in [0.1, 0.15) is 30.0 Å². The molecule has 2 aromatic carbocycles. The largest absolute Gasteiger partial charge is 0.497 e. The molecule has 0 spiro atoms. The van der Waals surface area contributed by atoms with Gasteiger partial charge >= 0.3 is 0 Å². The van der Waals surface area contributed by atoms with E-state index in [1.165, 1.54) is 24.0 Å². The topological polar surface area (TPSA) is 36.5 Å². The molecule has 2 N–H and O–H groups in total. The van der Waals surface area contributed by atoms with Crippen LogP contribution in [0.15, 0.2) is 54.6 Å². The minimum absolute atomic E-state index is 0.319. The number of nitrogens with one attached hydrogen (secondary N) is 2. The van der Waals surface area contributed by atoms with E-state index in [-0.39, 0.29) is 0 Å². The summed E-state index contributed by atoms with van der Waals surface area (Å²) in [6.07, 6.45) is 2.53. The first-order valence-corrected chi connectivity index (χ1v) is 9.61. The minimum atomic E-state index is 0.319. The van der Waals surface area contributed by atoms with E-state index in [0.717, 1.165) is 31.9 Å². The van der Waals surface area contributed by atoms with Crippen LogP contribution in [0.5, 0.6) is 5.75 Å². The van der Waals surface area contributed by atoms with E-state index in [1.54, 1.807) is 7.11 Å². The van der Waals surface area contributed by atoms with E-state index in [4.69, 9.17) is 17.0 Å². The Bertz CT molecular complexity index is 684. The average molecular weight is 370 g/mol. The highest BCUT2D eigenvalue weighted by Gasteiger charge is 2.23. The van der Waals surface area contributed by atoms with Gasteiger partial charge < -0.3 is 15.4 Å². The van der Waals surface area contributed by atoms with Gasteiger partial charge in [-0.1, -0.05) is 42.5 Å². The highest BCUT2D eigenvalue weighted by Crippen LogP contribution is 2.26. The Balaban J connectivity index is 1.57. The maximum absolute atomic E-state index is 5.47. The van der Waals surface area contributed by atoms with Gasteiger partial charge in [0.25, 0.3) is 0 Å². The Hall–Kier alpha value is -2.11. The SMILES string of the molecule is COc1ccc([C@H](CNC(=S)NCc2ccccc2)N2CCCC2)cc1. The summed E-state index contributed by atoms with van der Waals surface area (Å²) in [4.78, 5) is 2.54. The molecule has 0 bridgehead atoms. The standard InChI is InChI=1S/C21H27N3OS/c1-25-19-11-9-18(10-12-19)20(24-13-5-6-14-24)16-23-21(26)22-15-17-7-3-2-4-8-17/h2-4,7-12,20H,5-6,13-16H2,1H3,(H2,22,23,26)/t20-/m0/s1. The molecule has 1 saturated heterocycles. The summed E-state index contributed by atoms with van der Waals surface area (Å²) >= 11 is 5.47. The fraction of sp³-hybridized carbons (Fsp3) is 0.381. The Labute approximate surface area is 161 Å². The maximum atomic E-state index is 5.47. The molecule has 5 heteroatoms. The van der Waals surface area contributed by atoms with E-state index < -0.39 is 0 Å². The lowest BCUT2D eigenvalue weighted by Gasteiger charge is -2.29. The summed E-state index contributed by atoms with van der Waals surface area (Å²) in [5.41, 5.74) is 2.52. The number of benzene rings is 2. The summed E-state index contributed by atoms with van der Waals surface area (Å²) in [5, 5.41) is 7.40. The number of likely N-dealkylation sites (tertiary alicyclic amines) is 1. The number of nitrogens with zero attached hydrogens (tertiary/aromatic N) is 1. The molecule has 2 aromatic rings. The predicted molar refractivity (Wildman–Crippen MR) is 110 cm³/mol. The summed E-state index contributed by atoms with van der Waals surface area (Å²) in [7, 11) is 1.70. The number of rotatable bonds is 7. The van der Waals surface area contributed by atoms with Crippen molar-refractivity contribution in [3.8, 4) is 5.75 Å². The van der Waals surface area contributed by atoms with Gasteiger partial charge in [-0.25, -0.2) is 0 Å². The van der Waals surface area contributed by atoms with Crippen LogP contribution in [0.4, 0.5) is 0 Å². The number of ether oxygens (including phenoxy) is 1. The zero-order valence-corrected chi connectivity index (χ0v) is 16.1. The second-order valence-corrected chi connectivity index (χ2v) is 6.99. The van der Waals surface area contributed by atoms with E-state index >= 15 is 0 Å². The first-order valence-electron chi connectivity index (χ1n) is 9.20. The zero-order valence-electron chi connectivity index (χ0n) is 15.3. The lowest BCUT2D eigenvalue weighted by molar-refractivity contribution is 0.245. The Kier molecular flexibility index (Phi) is 6.86. The highest BCUT2D eigenvalue weighted by molar-refractivity contribution is 7.80. The molecule has 1 heterocycles. The van der Waals surface area contributed by atoms with Gasteiger partial charge in [-0.3, -0.25) is 4.90 Å². The molecule has 0 aromatic heterocycles. The average Bonchev–Trinajstić information content (AvgIpc) is 3.22. The second kappa shape index (κ2) is 9.55. The van der Waals surface area contributed by atoms with E-state index in [0.29, 0.717) is 11.2 Å². The molecular formula is C21H27N3OS. The molecule has 0 amide bonds.